The second kappa shape index (κ2) is 8.98. The van der Waals surface area contributed by atoms with Gasteiger partial charge in [0, 0.05) is 12.2 Å². The Balaban J connectivity index is 1.82. The maximum atomic E-state index is 12.1. The molecule has 0 aromatic heterocycles. The number of hydrogen-bond acceptors (Lipinski definition) is 3. The first-order chi connectivity index (χ1) is 11.1. The third-order valence-corrected chi connectivity index (χ3v) is 3.94. The summed E-state index contributed by atoms with van der Waals surface area (Å²) in [5.74, 6) is -1.10. The fraction of sp³-hybridized carbons (Fsp3) is 0.444. The molecule has 2 N–H and O–H groups in total. The molecule has 5 nitrogen and oxygen atoms in total. The van der Waals surface area contributed by atoms with Gasteiger partial charge in [-0.15, -0.1) is 0 Å². The Hall–Kier alpha value is -2.30. The number of para-hydroxylation sites is 1. The van der Waals surface area contributed by atoms with Crippen LogP contribution in [0.3, 0.4) is 0 Å². The Morgan fingerprint density at radius 1 is 1.13 bits per heavy atom. The smallest absolute Gasteiger partial charge is 0.323 e. The van der Waals surface area contributed by atoms with E-state index in [2.05, 4.69) is 11.4 Å². The predicted octanol–water partition coefficient (Wildman–Crippen LogP) is 2.58. The summed E-state index contributed by atoms with van der Waals surface area (Å²) in [6.07, 6.45) is 7.93. The number of carboxylic acids is 1. The SMILES string of the molecule is O=C(O)CN(CC(=O)NCCC1=CCCCC1)c1ccccc1. The van der Waals surface area contributed by atoms with Gasteiger partial charge in [-0.25, -0.2) is 0 Å². The summed E-state index contributed by atoms with van der Waals surface area (Å²) in [6, 6.07) is 9.14. The number of rotatable bonds is 8. The quantitative estimate of drug-likeness (QED) is 0.723. The van der Waals surface area contributed by atoms with Crippen molar-refractivity contribution in [2.75, 3.05) is 24.5 Å². The minimum Gasteiger partial charge on any atom is -0.480 e. The van der Waals surface area contributed by atoms with Crippen molar-refractivity contribution in [2.24, 2.45) is 0 Å². The van der Waals surface area contributed by atoms with Crippen LogP contribution in [0, 0.1) is 0 Å². The first-order valence-corrected chi connectivity index (χ1v) is 8.11. The van der Waals surface area contributed by atoms with Gasteiger partial charge in [0.1, 0.15) is 6.54 Å². The Morgan fingerprint density at radius 2 is 1.91 bits per heavy atom. The summed E-state index contributed by atoms with van der Waals surface area (Å²) in [5, 5.41) is 11.9. The number of carbonyl (C=O) groups is 2. The van der Waals surface area contributed by atoms with Gasteiger partial charge in [0.25, 0.3) is 0 Å². The Morgan fingerprint density at radius 3 is 2.57 bits per heavy atom. The Labute approximate surface area is 137 Å². The van der Waals surface area contributed by atoms with Crippen LogP contribution in [-0.4, -0.2) is 36.6 Å². The van der Waals surface area contributed by atoms with Crippen molar-refractivity contribution in [1.29, 1.82) is 0 Å². The number of carbonyl (C=O) groups excluding carboxylic acids is 1. The number of amides is 1. The highest BCUT2D eigenvalue weighted by atomic mass is 16.4. The number of hydrogen-bond donors (Lipinski definition) is 2. The lowest BCUT2D eigenvalue weighted by Gasteiger charge is -2.22. The number of allylic oxidation sites excluding steroid dienone is 1. The fourth-order valence-corrected chi connectivity index (χ4v) is 2.76. The molecule has 0 atom stereocenters. The van der Waals surface area contributed by atoms with Crippen LogP contribution in [0.1, 0.15) is 32.1 Å². The van der Waals surface area contributed by atoms with Crippen LogP contribution >= 0.6 is 0 Å². The van der Waals surface area contributed by atoms with Gasteiger partial charge in [0.2, 0.25) is 5.91 Å². The van der Waals surface area contributed by atoms with Crippen LogP contribution in [0.25, 0.3) is 0 Å². The van der Waals surface area contributed by atoms with E-state index in [0.717, 1.165) is 24.9 Å². The summed E-state index contributed by atoms with van der Waals surface area (Å²) >= 11 is 0. The lowest BCUT2D eigenvalue weighted by atomic mass is 9.97. The number of benzene rings is 1. The average molecular weight is 316 g/mol. The summed E-state index contributed by atoms with van der Waals surface area (Å²) in [4.78, 5) is 24.7. The van der Waals surface area contributed by atoms with Gasteiger partial charge < -0.3 is 15.3 Å². The molecule has 0 bridgehead atoms. The second-order valence-corrected chi connectivity index (χ2v) is 5.79. The van der Waals surface area contributed by atoms with Gasteiger partial charge in [-0.2, -0.15) is 0 Å². The molecule has 2 rings (SSSR count). The number of aliphatic carboxylic acids is 1. The molecule has 0 saturated heterocycles. The molecule has 0 saturated carbocycles. The highest BCUT2D eigenvalue weighted by Crippen LogP contribution is 2.19. The van der Waals surface area contributed by atoms with Gasteiger partial charge in [-0.05, 0) is 44.2 Å². The first-order valence-electron chi connectivity index (χ1n) is 8.11. The van der Waals surface area contributed by atoms with E-state index in [1.807, 2.05) is 30.3 Å². The van der Waals surface area contributed by atoms with Gasteiger partial charge >= 0.3 is 5.97 Å². The molecule has 23 heavy (non-hydrogen) atoms. The van der Waals surface area contributed by atoms with Crippen molar-refractivity contribution in [1.82, 2.24) is 5.32 Å². The van der Waals surface area contributed by atoms with E-state index in [1.165, 1.54) is 18.4 Å². The van der Waals surface area contributed by atoms with Gasteiger partial charge in [-0.3, -0.25) is 9.59 Å². The zero-order valence-electron chi connectivity index (χ0n) is 13.3. The van der Waals surface area contributed by atoms with E-state index in [9.17, 15) is 9.59 Å². The molecular formula is C18H24N2O3. The van der Waals surface area contributed by atoms with E-state index in [0.29, 0.717) is 6.54 Å². The lowest BCUT2D eigenvalue weighted by Crippen LogP contribution is -2.40. The molecule has 1 aliphatic carbocycles. The second-order valence-electron chi connectivity index (χ2n) is 5.79. The van der Waals surface area contributed by atoms with E-state index < -0.39 is 5.97 Å². The predicted molar refractivity (Wildman–Crippen MR) is 90.5 cm³/mol. The van der Waals surface area contributed by atoms with Crippen molar-refractivity contribution < 1.29 is 14.7 Å². The minimum absolute atomic E-state index is 0.0510. The number of nitrogens with one attached hydrogen (secondary N) is 1. The van der Waals surface area contributed by atoms with Crippen LogP contribution in [0.5, 0.6) is 0 Å². The monoisotopic (exact) mass is 316 g/mol. The van der Waals surface area contributed by atoms with E-state index in [-0.39, 0.29) is 19.0 Å². The topological polar surface area (TPSA) is 69.6 Å². The normalized spacial score (nSPS) is 14.0. The van der Waals surface area contributed by atoms with Crippen LogP contribution in [-0.2, 0) is 9.59 Å². The molecule has 0 radical (unpaired) electrons. The molecule has 0 fully saturated rings. The maximum absolute atomic E-state index is 12.1. The molecule has 124 valence electrons. The molecule has 1 aliphatic rings. The third kappa shape index (κ3) is 6.14. The molecule has 1 amide bonds. The Kier molecular flexibility index (Phi) is 6.66. The average Bonchev–Trinajstić information content (AvgIpc) is 2.56. The van der Waals surface area contributed by atoms with Crippen molar-refractivity contribution in [3.8, 4) is 0 Å². The first kappa shape index (κ1) is 17.1. The largest absolute Gasteiger partial charge is 0.480 e. The molecule has 5 heteroatoms. The van der Waals surface area contributed by atoms with E-state index >= 15 is 0 Å². The summed E-state index contributed by atoms with van der Waals surface area (Å²) in [5.41, 5.74) is 2.15. The summed E-state index contributed by atoms with van der Waals surface area (Å²) in [7, 11) is 0. The molecule has 1 aromatic carbocycles. The molecule has 0 heterocycles. The zero-order valence-corrected chi connectivity index (χ0v) is 13.3. The summed E-state index contributed by atoms with van der Waals surface area (Å²) < 4.78 is 0. The molecular weight excluding hydrogens is 292 g/mol. The van der Waals surface area contributed by atoms with Crippen LogP contribution < -0.4 is 10.2 Å². The highest BCUT2D eigenvalue weighted by molar-refractivity contribution is 5.84. The minimum atomic E-state index is -0.950. The standard InChI is InChI=1S/C18H24N2O3/c21-17(19-12-11-15-7-3-1-4-8-15)13-20(14-18(22)23)16-9-5-2-6-10-16/h2,5-7,9-10H,1,3-4,8,11-14H2,(H,19,21)(H,22,23). The number of carboxylic acid groups (broad SMARTS) is 1. The van der Waals surface area contributed by atoms with Crippen LogP contribution in [0.4, 0.5) is 5.69 Å². The summed E-state index contributed by atoms with van der Waals surface area (Å²) in [6.45, 7) is 0.471. The molecule has 0 aliphatic heterocycles. The van der Waals surface area contributed by atoms with Crippen molar-refractivity contribution in [3.05, 3.63) is 42.0 Å². The maximum Gasteiger partial charge on any atom is 0.323 e. The van der Waals surface area contributed by atoms with Crippen LogP contribution in [0.2, 0.25) is 0 Å². The Bertz CT molecular complexity index is 555. The van der Waals surface area contributed by atoms with Crippen molar-refractivity contribution >= 4 is 17.6 Å². The van der Waals surface area contributed by atoms with Gasteiger partial charge in [-0.1, -0.05) is 29.8 Å². The zero-order chi connectivity index (χ0) is 16.5. The highest BCUT2D eigenvalue weighted by Gasteiger charge is 2.14. The fourth-order valence-electron chi connectivity index (χ4n) is 2.76. The molecule has 1 aromatic rings. The molecule has 0 unspecified atom stereocenters. The van der Waals surface area contributed by atoms with Gasteiger partial charge in [0.05, 0.1) is 6.54 Å². The van der Waals surface area contributed by atoms with E-state index in [1.54, 1.807) is 4.90 Å². The van der Waals surface area contributed by atoms with Gasteiger partial charge in [0.15, 0.2) is 0 Å². The third-order valence-electron chi connectivity index (χ3n) is 3.94. The van der Waals surface area contributed by atoms with Crippen molar-refractivity contribution in [2.45, 2.75) is 32.1 Å². The lowest BCUT2D eigenvalue weighted by molar-refractivity contribution is -0.135. The van der Waals surface area contributed by atoms with Crippen molar-refractivity contribution in [3.63, 3.8) is 0 Å². The molecule has 0 spiro atoms. The van der Waals surface area contributed by atoms with Crippen LogP contribution in [0.15, 0.2) is 42.0 Å². The van der Waals surface area contributed by atoms with E-state index in [4.69, 9.17) is 5.11 Å². The number of anilines is 1. The number of nitrogens with zero attached hydrogens (tertiary/aromatic N) is 1.